The third-order valence-electron chi connectivity index (χ3n) is 2.77. The number of alkyl halides is 2. The Hall–Kier alpha value is -1.25. The van der Waals surface area contributed by atoms with Gasteiger partial charge in [0.05, 0.1) is 17.1 Å². The van der Waals surface area contributed by atoms with Crippen LogP contribution in [0.1, 0.15) is 18.1 Å². The Morgan fingerprint density at radius 3 is 2.60 bits per heavy atom. The lowest BCUT2D eigenvalue weighted by Crippen LogP contribution is -2.09. The van der Waals surface area contributed by atoms with Crippen LogP contribution in [0.25, 0.3) is 11.0 Å². The number of hydrogen-bond acceptors (Lipinski definition) is 3. The molecule has 8 heteroatoms. The van der Waals surface area contributed by atoms with Crippen LogP contribution < -0.4 is 5.69 Å². The first-order valence-corrected chi connectivity index (χ1v) is 6.72. The van der Waals surface area contributed by atoms with Crippen LogP contribution in [0.2, 0.25) is 0 Å². The molecule has 0 bridgehead atoms. The molecule has 2 rings (SSSR count). The molecule has 1 atom stereocenters. The number of aliphatic hydroxyl groups excluding tert-OH is 1. The van der Waals surface area contributed by atoms with E-state index in [9.17, 15) is 18.7 Å². The molecule has 0 saturated heterocycles. The Bertz CT molecular complexity index is 641. The predicted molar refractivity (Wildman–Crippen MR) is 73.0 cm³/mol. The minimum atomic E-state index is -2.51. The molecule has 0 aliphatic rings. The van der Waals surface area contributed by atoms with Gasteiger partial charge in [-0.2, -0.15) is 0 Å². The number of rotatable bonds is 6. The van der Waals surface area contributed by atoms with Gasteiger partial charge in [-0.25, -0.2) is 13.6 Å². The second-order valence-corrected chi connectivity index (χ2v) is 5.12. The molecule has 0 aliphatic heterocycles. The second kappa shape index (κ2) is 6.47. The number of hydrogen-bond donors (Lipinski definition) is 3. The fourth-order valence-electron chi connectivity index (χ4n) is 1.85. The van der Waals surface area contributed by atoms with Gasteiger partial charge in [0, 0.05) is 17.5 Å². The largest absolute Gasteiger partial charge is 0.388 e. The van der Waals surface area contributed by atoms with Crippen molar-refractivity contribution in [1.29, 1.82) is 0 Å². The van der Waals surface area contributed by atoms with Crippen LogP contribution in [0.15, 0.2) is 21.4 Å². The molecule has 1 unspecified atom stereocenters. The van der Waals surface area contributed by atoms with E-state index in [2.05, 4.69) is 25.9 Å². The number of aliphatic hydroxyl groups is 1. The van der Waals surface area contributed by atoms with Gasteiger partial charge < -0.3 is 19.8 Å². The number of imidazole rings is 1. The Morgan fingerprint density at radius 2 is 1.95 bits per heavy atom. The highest BCUT2D eigenvalue weighted by atomic mass is 79.9. The van der Waals surface area contributed by atoms with Crippen LogP contribution in [-0.4, -0.2) is 34.7 Å². The van der Waals surface area contributed by atoms with Crippen LogP contribution in [0.5, 0.6) is 0 Å². The van der Waals surface area contributed by atoms with Crippen LogP contribution >= 0.6 is 15.9 Å². The van der Waals surface area contributed by atoms with E-state index in [0.717, 1.165) is 0 Å². The lowest BCUT2D eigenvalue weighted by Gasteiger charge is -2.13. The van der Waals surface area contributed by atoms with Crippen molar-refractivity contribution < 1.29 is 18.6 Å². The first-order valence-electron chi connectivity index (χ1n) is 5.92. The quantitative estimate of drug-likeness (QED) is 0.699. The summed E-state index contributed by atoms with van der Waals surface area (Å²) >= 11 is 3.30. The van der Waals surface area contributed by atoms with Crippen molar-refractivity contribution in [2.45, 2.75) is 19.0 Å². The third-order valence-corrected chi connectivity index (χ3v) is 3.46. The van der Waals surface area contributed by atoms with E-state index in [1.807, 2.05) is 0 Å². The maximum absolute atomic E-state index is 11.9. The van der Waals surface area contributed by atoms with Gasteiger partial charge in [-0.15, -0.1) is 0 Å². The van der Waals surface area contributed by atoms with E-state index in [1.165, 1.54) is 0 Å². The number of fused-ring (bicyclic) bond motifs is 1. The fourth-order valence-corrected chi connectivity index (χ4v) is 2.46. The van der Waals surface area contributed by atoms with Gasteiger partial charge in [0.15, 0.2) is 0 Å². The molecule has 1 aromatic heterocycles. The number of aromatic amines is 2. The van der Waals surface area contributed by atoms with Gasteiger partial charge in [-0.1, -0.05) is 15.9 Å². The average molecular weight is 351 g/mol. The molecule has 0 radical (unpaired) electrons. The van der Waals surface area contributed by atoms with E-state index in [0.29, 0.717) is 21.1 Å². The van der Waals surface area contributed by atoms with Crippen LogP contribution in [0.4, 0.5) is 8.78 Å². The summed E-state index contributed by atoms with van der Waals surface area (Å²) in [6.07, 6.45) is -3.20. The molecule has 5 nitrogen and oxygen atoms in total. The summed E-state index contributed by atoms with van der Waals surface area (Å²) in [6.45, 7) is -0.613. The van der Waals surface area contributed by atoms with Gasteiger partial charge in [-0.3, -0.25) is 0 Å². The summed E-state index contributed by atoms with van der Waals surface area (Å²) in [7, 11) is 0. The molecule has 20 heavy (non-hydrogen) atoms. The maximum atomic E-state index is 11.9. The molecule has 0 spiro atoms. The highest BCUT2D eigenvalue weighted by Gasteiger charge is 2.14. The average Bonchev–Trinajstić information content (AvgIpc) is 2.72. The zero-order chi connectivity index (χ0) is 14.7. The predicted octanol–water partition coefficient (Wildman–Crippen LogP) is 2.32. The molecular formula is C12H13BrF2N2O3. The smallest absolute Gasteiger partial charge is 0.323 e. The summed E-state index contributed by atoms with van der Waals surface area (Å²) in [4.78, 5) is 16.4. The van der Waals surface area contributed by atoms with Crippen molar-refractivity contribution in [3.8, 4) is 0 Å². The van der Waals surface area contributed by atoms with Crippen LogP contribution in [0.3, 0.4) is 0 Å². The summed E-state index contributed by atoms with van der Waals surface area (Å²) in [5.74, 6) is 0. The zero-order valence-electron chi connectivity index (χ0n) is 10.3. The van der Waals surface area contributed by atoms with Crippen molar-refractivity contribution in [1.82, 2.24) is 9.97 Å². The molecule has 1 aromatic carbocycles. The monoisotopic (exact) mass is 350 g/mol. The molecule has 0 saturated carbocycles. The molecule has 0 amide bonds. The first kappa shape index (κ1) is 15.1. The fraction of sp³-hybridized carbons (Fsp3) is 0.417. The van der Waals surface area contributed by atoms with E-state index < -0.39 is 19.1 Å². The number of benzene rings is 1. The number of nitrogens with one attached hydrogen (secondary N) is 2. The molecule has 0 fully saturated rings. The topological polar surface area (TPSA) is 78.1 Å². The zero-order valence-corrected chi connectivity index (χ0v) is 11.9. The molecule has 110 valence electrons. The van der Waals surface area contributed by atoms with Gasteiger partial charge in [0.2, 0.25) is 0 Å². The maximum Gasteiger partial charge on any atom is 0.323 e. The Balaban J connectivity index is 2.07. The SMILES string of the molecule is O=c1[nH]c2cc(Br)c(C(O)CCOCC(F)F)cc2[nH]1. The van der Waals surface area contributed by atoms with Crippen LogP contribution in [0, 0.1) is 0 Å². The lowest BCUT2D eigenvalue weighted by molar-refractivity contribution is 0.00476. The first-order chi connectivity index (χ1) is 9.47. The third kappa shape index (κ3) is 3.65. The summed E-state index contributed by atoms with van der Waals surface area (Å²) < 4.78 is 29.1. The van der Waals surface area contributed by atoms with Gasteiger partial charge in [-0.05, 0) is 17.7 Å². The van der Waals surface area contributed by atoms with E-state index in [-0.39, 0.29) is 18.7 Å². The number of aromatic nitrogens is 2. The van der Waals surface area contributed by atoms with Crippen molar-refractivity contribution in [2.24, 2.45) is 0 Å². The van der Waals surface area contributed by atoms with E-state index in [1.54, 1.807) is 12.1 Å². The summed E-state index contributed by atoms with van der Waals surface area (Å²) in [6, 6.07) is 3.31. The van der Waals surface area contributed by atoms with Gasteiger partial charge >= 0.3 is 5.69 Å². The highest BCUT2D eigenvalue weighted by Crippen LogP contribution is 2.28. The normalized spacial score (nSPS) is 13.2. The summed E-state index contributed by atoms with van der Waals surface area (Å²) in [5.41, 5.74) is 1.42. The minimum absolute atomic E-state index is 0.0274. The van der Waals surface area contributed by atoms with Crippen LogP contribution in [-0.2, 0) is 4.74 Å². The molecule has 1 heterocycles. The van der Waals surface area contributed by atoms with Gasteiger partial charge in [0.25, 0.3) is 6.43 Å². The molecule has 0 aliphatic carbocycles. The summed E-state index contributed by atoms with van der Waals surface area (Å²) in [5, 5.41) is 10.0. The van der Waals surface area contributed by atoms with E-state index in [4.69, 9.17) is 4.74 Å². The van der Waals surface area contributed by atoms with Crippen molar-refractivity contribution in [2.75, 3.05) is 13.2 Å². The molecule has 2 aromatic rings. The standard InChI is InChI=1S/C12H13BrF2N2O3/c13-7-4-9-8(16-12(19)17-9)3-6(7)10(18)1-2-20-5-11(14)15/h3-4,10-11,18H,1-2,5H2,(H2,16,17,19). The number of halogens is 3. The number of ether oxygens (including phenoxy) is 1. The Morgan fingerprint density at radius 1 is 1.30 bits per heavy atom. The lowest BCUT2D eigenvalue weighted by atomic mass is 10.1. The van der Waals surface area contributed by atoms with Gasteiger partial charge in [0.1, 0.15) is 6.61 Å². The Labute approximate surface area is 121 Å². The van der Waals surface area contributed by atoms with Crippen molar-refractivity contribution in [3.63, 3.8) is 0 Å². The van der Waals surface area contributed by atoms with E-state index >= 15 is 0 Å². The highest BCUT2D eigenvalue weighted by molar-refractivity contribution is 9.10. The number of H-pyrrole nitrogens is 2. The van der Waals surface area contributed by atoms with Crippen molar-refractivity contribution in [3.05, 3.63) is 32.7 Å². The second-order valence-electron chi connectivity index (χ2n) is 4.27. The van der Waals surface area contributed by atoms with Crippen molar-refractivity contribution >= 4 is 27.0 Å². The molecular weight excluding hydrogens is 338 g/mol. The minimum Gasteiger partial charge on any atom is -0.388 e. The Kier molecular flexibility index (Phi) is 4.90. The molecule has 3 N–H and O–H groups in total.